The predicted octanol–water partition coefficient (Wildman–Crippen LogP) is 6.22. The fourth-order valence-electron chi connectivity index (χ4n) is 2.15. The van der Waals surface area contributed by atoms with Gasteiger partial charge in [-0.3, -0.25) is 0 Å². The molecule has 0 saturated heterocycles. The van der Waals surface area contributed by atoms with Gasteiger partial charge >= 0.3 is 0 Å². The molecule has 3 aromatic rings. The second kappa shape index (κ2) is 8.17. The number of aryl methyl sites for hydroxylation is 1. The Morgan fingerprint density at radius 3 is 1.72 bits per heavy atom. The van der Waals surface area contributed by atoms with Crippen LogP contribution in [0.2, 0.25) is 0 Å². The Hall–Kier alpha value is -3.05. The van der Waals surface area contributed by atoms with Crippen molar-refractivity contribution in [1.82, 2.24) is 0 Å². The first kappa shape index (κ1) is 16.8. The van der Waals surface area contributed by atoms with Crippen molar-refractivity contribution in [3.8, 4) is 0 Å². The molecule has 0 fully saturated rings. The molecule has 0 aliphatic carbocycles. The summed E-state index contributed by atoms with van der Waals surface area (Å²) in [5, 5.41) is 15.3. The number of hydrogen-bond donors (Lipinski definition) is 2. The molecule has 2 N–H and O–H groups in total. The predicted molar refractivity (Wildman–Crippen MR) is 108 cm³/mol. The molecule has 3 aromatic carbocycles. The van der Waals surface area contributed by atoms with E-state index in [9.17, 15) is 0 Å². The highest BCUT2D eigenvalue weighted by molar-refractivity contribution is 7.80. The first-order valence-electron chi connectivity index (χ1n) is 7.90. The molecule has 0 amide bonds. The van der Waals surface area contributed by atoms with Gasteiger partial charge in [0.05, 0.1) is 11.4 Å². The molecule has 25 heavy (non-hydrogen) atoms. The Morgan fingerprint density at radius 2 is 1.16 bits per heavy atom. The van der Waals surface area contributed by atoms with Gasteiger partial charge in [-0.1, -0.05) is 35.9 Å². The lowest BCUT2D eigenvalue weighted by Gasteiger charge is -2.10. The Morgan fingerprint density at radius 1 is 0.680 bits per heavy atom. The van der Waals surface area contributed by atoms with Gasteiger partial charge in [0.15, 0.2) is 5.11 Å². The molecule has 0 heterocycles. The molecule has 0 atom stereocenters. The SMILES string of the molecule is Cc1ccc(N=Nc2ccc(NC(=S)Nc3ccccc3)cc2)cc1. The number of para-hydroxylation sites is 1. The maximum Gasteiger partial charge on any atom is 0.175 e. The first-order chi connectivity index (χ1) is 12.2. The van der Waals surface area contributed by atoms with Crippen LogP contribution in [0.25, 0.3) is 0 Å². The molecular formula is C20H18N4S. The zero-order valence-electron chi connectivity index (χ0n) is 13.8. The van der Waals surface area contributed by atoms with E-state index in [1.54, 1.807) is 0 Å². The molecule has 0 bridgehead atoms. The maximum atomic E-state index is 5.31. The van der Waals surface area contributed by atoms with Crippen molar-refractivity contribution in [2.45, 2.75) is 6.92 Å². The van der Waals surface area contributed by atoms with Crippen molar-refractivity contribution in [2.24, 2.45) is 10.2 Å². The number of azo groups is 1. The van der Waals surface area contributed by atoms with Crippen LogP contribution < -0.4 is 10.6 Å². The number of thiocarbonyl (C=S) groups is 1. The van der Waals surface area contributed by atoms with Crippen LogP contribution in [-0.4, -0.2) is 5.11 Å². The molecule has 0 saturated carbocycles. The van der Waals surface area contributed by atoms with E-state index in [0.717, 1.165) is 22.7 Å². The average Bonchev–Trinajstić information content (AvgIpc) is 2.63. The van der Waals surface area contributed by atoms with Gasteiger partial charge in [-0.25, -0.2) is 0 Å². The van der Waals surface area contributed by atoms with Gasteiger partial charge in [-0.2, -0.15) is 10.2 Å². The van der Waals surface area contributed by atoms with Crippen LogP contribution >= 0.6 is 12.2 Å². The van der Waals surface area contributed by atoms with Gasteiger partial charge in [0.25, 0.3) is 0 Å². The minimum atomic E-state index is 0.542. The van der Waals surface area contributed by atoms with Crippen LogP contribution in [-0.2, 0) is 0 Å². The summed E-state index contributed by atoms with van der Waals surface area (Å²) >= 11 is 5.31. The topological polar surface area (TPSA) is 48.8 Å². The normalized spacial score (nSPS) is 10.6. The van der Waals surface area contributed by atoms with E-state index in [0.29, 0.717) is 5.11 Å². The van der Waals surface area contributed by atoms with Gasteiger partial charge in [-0.05, 0) is 67.7 Å². The summed E-state index contributed by atoms with van der Waals surface area (Å²) in [5.41, 5.74) is 4.66. The number of benzene rings is 3. The van der Waals surface area contributed by atoms with Crippen molar-refractivity contribution in [2.75, 3.05) is 10.6 Å². The van der Waals surface area contributed by atoms with E-state index >= 15 is 0 Å². The van der Waals surface area contributed by atoms with Gasteiger partial charge < -0.3 is 10.6 Å². The highest BCUT2D eigenvalue weighted by Gasteiger charge is 1.99. The molecule has 3 rings (SSSR count). The largest absolute Gasteiger partial charge is 0.332 e. The van der Waals surface area contributed by atoms with Crippen LogP contribution in [0.1, 0.15) is 5.56 Å². The molecule has 124 valence electrons. The minimum Gasteiger partial charge on any atom is -0.332 e. The Labute approximate surface area is 152 Å². The quantitative estimate of drug-likeness (QED) is 0.435. The van der Waals surface area contributed by atoms with Crippen LogP contribution in [0, 0.1) is 6.92 Å². The Balaban J connectivity index is 1.58. The third kappa shape index (κ3) is 5.22. The van der Waals surface area contributed by atoms with Gasteiger partial charge in [0, 0.05) is 11.4 Å². The molecular weight excluding hydrogens is 328 g/mol. The van der Waals surface area contributed by atoms with Gasteiger partial charge in [0.1, 0.15) is 0 Å². The van der Waals surface area contributed by atoms with Crippen molar-refractivity contribution in [1.29, 1.82) is 0 Å². The molecule has 0 spiro atoms. The van der Waals surface area contributed by atoms with Crippen LogP contribution in [0.15, 0.2) is 89.1 Å². The van der Waals surface area contributed by atoms with E-state index in [-0.39, 0.29) is 0 Å². The summed E-state index contributed by atoms with van der Waals surface area (Å²) < 4.78 is 0. The molecule has 0 unspecified atom stereocenters. The number of nitrogens with zero attached hydrogens (tertiary/aromatic N) is 2. The van der Waals surface area contributed by atoms with E-state index in [1.807, 2.05) is 85.8 Å². The zero-order valence-corrected chi connectivity index (χ0v) is 14.6. The number of hydrogen-bond acceptors (Lipinski definition) is 3. The lowest BCUT2D eigenvalue weighted by molar-refractivity contribution is 1.23. The number of anilines is 2. The number of nitrogens with one attached hydrogen (secondary N) is 2. The molecule has 0 aliphatic rings. The van der Waals surface area contributed by atoms with E-state index in [1.165, 1.54) is 5.56 Å². The van der Waals surface area contributed by atoms with Gasteiger partial charge in [0.2, 0.25) is 0 Å². The smallest absolute Gasteiger partial charge is 0.175 e. The summed E-state index contributed by atoms with van der Waals surface area (Å²) in [6.45, 7) is 2.05. The van der Waals surface area contributed by atoms with Crippen molar-refractivity contribution in [3.63, 3.8) is 0 Å². The zero-order chi connectivity index (χ0) is 17.5. The monoisotopic (exact) mass is 346 g/mol. The highest BCUT2D eigenvalue weighted by atomic mass is 32.1. The van der Waals surface area contributed by atoms with Crippen LogP contribution in [0.3, 0.4) is 0 Å². The maximum absolute atomic E-state index is 5.31. The average molecular weight is 346 g/mol. The molecule has 0 aromatic heterocycles. The summed E-state index contributed by atoms with van der Waals surface area (Å²) in [4.78, 5) is 0. The highest BCUT2D eigenvalue weighted by Crippen LogP contribution is 2.20. The lowest BCUT2D eigenvalue weighted by atomic mass is 10.2. The summed E-state index contributed by atoms with van der Waals surface area (Å²) in [5.74, 6) is 0. The first-order valence-corrected chi connectivity index (χ1v) is 8.31. The molecule has 5 heteroatoms. The second-order valence-corrected chi connectivity index (χ2v) is 5.94. The Kier molecular flexibility index (Phi) is 5.49. The van der Waals surface area contributed by atoms with Gasteiger partial charge in [-0.15, -0.1) is 0 Å². The van der Waals surface area contributed by atoms with Crippen LogP contribution in [0.4, 0.5) is 22.7 Å². The van der Waals surface area contributed by atoms with Crippen molar-refractivity contribution >= 4 is 40.1 Å². The second-order valence-electron chi connectivity index (χ2n) is 5.53. The third-order valence-corrected chi connectivity index (χ3v) is 3.68. The van der Waals surface area contributed by atoms with E-state index in [4.69, 9.17) is 12.2 Å². The van der Waals surface area contributed by atoms with E-state index in [2.05, 4.69) is 20.9 Å². The molecule has 0 radical (unpaired) electrons. The molecule has 4 nitrogen and oxygen atoms in total. The summed E-state index contributed by atoms with van der Waals surface area (Å²) in [6, 6.07) is 25.4. The third-order valence-electron chi connectivity index (χ3n) is 3.47. The van der Waals surface area contributed by atoms with Crippen molar-refractivity contribution < 1.29 is 0 Å². The Bertz CT molecular complexity index is 856. The summed E-state index contributed by atoms with van der Waals surface area (Å²) in [6.07, 6.45) is 0. The van der Waals surface area contributed by atoms with Crippen LogP contribution in [0.5, 0.6) is 0 Å². The fourth-order valence-corrected chi connectivity index (χ4v) is 2.39. The van der Waals surface area contributed by atoms with E-state index < -0.39 is 0 Å². The fraction of sp³-hybridized carbons (Fsp3) is 0.0500. The standard InChI is InChI=1S/C20H18N4S/c1-15-7-9-18(10-8-15)23-24-19-13-11-17(12-14-19)22-20(25)21-16-5-3-2-4-6-16/h2-14H,1H3,(H2,21,22,25). The van der Waals surface area contributed by atoms with Crippen molar-refractivity contribution in [3.05, 3.63) is 84.4 Å². The lowest BCUT2D eigenvalue weighted by Crippen LogP contribution is -2.18. The molecule has 0 aliphatic heterocycles. The summed E-state index contributed by atoms with van der Waals surface area (Å²) in [7, 11) is 0. The minimum absolute atomic E-state index is 0.542. The number of rotatable bonds is 4.